The predicted octanol–water partition coefficient (Wildman–Crippen LogP) is 5.38. The summed E-state index contributed by atoms with van der Waals surface area (Å²) in [5, 5.41) is 15.3. The average Bonchev–Trinajstić information content (AvgIpc) is 3.52. The van der Waals surface area contributed by atoms with Crippen LogP contribution in [0.4, 0.5) is 17.1 Å². The van der Waals surface area contributed by atoms with Gasteiger partial charge >= 0.3 is 0 Å². The molecule has 6 rings (SSSR count). The molecule has 0 amide bonds. The summed E-state index contributed by atoms with van der Waals surface area (Å²) in [6, 6.07) is 16.9. The number of aromatic hydroxyl groups is 1. The van der Waals surface area contributed by atoms with Crippen LogP contribution in [0.2, 0.25) is 0 Å². The van der Waals surface area contributed by atoms with Crippen LogP contribution < -0.4 is 10.2 Å². The Morgan fingerprint density at radius 3 is 2.69 bits per heavy atom. The normalized spacial score (nSPS) is 14.7. The third-order valence-corrected chi connectivity index (χ3v) is 7.15. The van der Waals surface area contributed by atoms with E-state index in [0.717, 1.165) is 71.8 Å². The van der Waals surface area contributed by atoms with Crippen molar-refractivity contribution in [2.45, 2.75) is 13.8 Å². The van der Waals surface area contributed by atoms with Gasteiger partial charge in [-0.2, -0.15) is 0 Å². The second kappa shape index (κ2) is 8.67. The van der Waals surface area contributed by atoms with Gasteiger partial charge in [0.25, 0.3) is 0 Å². The molecule has 0 atom stereocenters. The fourth-order valence-electron chi connectivity index (χ4n) is 5.18. The summed E-state index contributed by atoms with van der Waals surface area (Å²) >= 11 is 0. The number of nitrogens with zero attached hydrogens (tertiary/aromatic N) is 4. The monoisotopic (exact) mass is 466 g/mol. The first kappa shape index (κ1) is 21.6. The Kier molecular flexibility index (Phi) is 5.34. The summed E-state index contributed by atoms with van der Waals surface area (Å²) in [7, 11) is 0. The first-order chi connectivity index (χ1) is 17.1. The van der Waals surface area contributed by atoms with E-state index in [4.69, 9.17) is 0 Å². The Morgan fingerprint density at radius 2 is 1.89 bits per heavy atom. The highest BCUT2D eigenvalue weighted by Gasteiger charge is 2.18. The molecular formula is C28H30N6O. The average molecular weight is 467 g/mol. The molecule has 0 saturated carbocycles. The SMILES string of the molecule is CCN1CCN(c2ccc(Nc3ccc(-c4ccc5c(O)[nH]cc5c4)n4ccnc34)cc2C)CC1. The molecule has 7 nitrogen and oxygen atoms in total. The van der Waals surface area contributed by atoms with Crippen molar-refractivity contribution in [1.82, 2.24) is 19.3 Å². The molecule has 0 radical (unpaired) electrons. The van der Waals surface area contributed by atoms with Crippen LogP contribution in [0.3, 0.4) is 0 Å². The lowest BCUT2D eigenvalue weighted by atomic mass is 10.1. The lowest BCUT2D eigenvalue weighted by Crippen LogP contribution is -2.46. The van der Waals surface area contributed by atoms with Gasteiger partial charge in [-0.3, -0.25) is 4.40 Å². The molecule has 5 aromatic rings. The van der Waals surface area contributed by atoms with Crippen LogP contribution in [0.1, 0.15) is 12.5 Å². The lowest BCUT2D eigenvalue weighted by molar-refractivity contribution is 0.271. The second-order valence-electron chi connectivity index (χ2n) is 9.24. The zero-order valence-electron chi connectivity index (χ0n) is 20.1. The Balaban J connectivity index is 1.27. The summed E-state index contributed by atoms with van der Waals surface area (Å²) in [5.74, 6) is 0.198. The van der Waals surface area contributed by atoms with Crippen LogP contribution in [-0.4, -0.2) is 57.1 Å². The molecule has 1 aliphatic rings. The van der Waals surface area contributed by atoms with Crippen LogP contribution in [0, 0.1) is 6.92 Å². The van der Waals surface area contributed by atoms with Gasteiger partial charge in [0.1, 0.15) is 0 Å². The van der Waals surface area contributed by atoms with Gasteiger partial charge in [-0.25, -0.2) is 4.98 Å². The van der Waals surface area contributed by atoms with Crippen LogP contribution >= 0.6 is 0 Å². The number of imidazole rings is 1. The molecule has 1 saturated heterocycles. The lowest BCUT2D eigenvalue weighted by Gasteiger charge is -2.36. The van der Waals surface area contributed by atoms with Gasteiger partial charge in [-0.15, -0.1) is 0 Å². The van der Waals surface area contributed by atoms with E-state index in [1.165, 1.54) is 11.3 Å². The van der Waals surface area contributed by atoms with Crippen LogP contribution in [0.15, 0.2) is 67.1 Å². The molecule has 0 unspecified atom stereocenters. The van der Waals surface area contributed by atoms with Gasteiger partial charge in [-0.1, -0.05) is 13.0 Å². The molecule has 7 heteroatoms. The van der Waals surface area contributed by atoms with E-state index in [0.29, 0.717) is 0 Å². The van der Waals surface area contributed by atoms with Crippen molar-refractivity contribution >= 4 is 33.5 Å². The van der Waals surface area contributed by atoms with Crippen molar-refractivity contribution in [3.8, 4) is 17.1 Å². The van der Waals surface area contributed by atoms with Crippen molar-refractivity contribution in [3.05, 3.63) is 72.7 Å². The number of fused-ring (bicyclic) bond motifs is 2. The van der Waals surface area contributed by atoms with E-state index >= 15 is 0 Å². The maximum Gasteiger partial charge on any atom is 0.196 e. The van der Waals surface area contributed by atoms with Crippen molar-refractivity contribution in [2.75, 3.05) is 42.9 Å². The Bertz CT molecular complexity index is 1510. The molecule has 4 heterocycles. The molecule has 2 aromatic carbocycles. The summed E-state index contributed by atoms with van der Waals surface area (Å²) in [6.07, 6.45) is 5.64. The number of likely N-dealkylation sites (N-methyl/N-ethyl adjacent to an activating group) is 1. The number of nitrogens with one attached hydrogen (secondary N) is 2. The van der Waals surface area contributed by atoms with E-state index in [1.54, 1.807) is 0 Å². The summed E-state index contributed by atoms with van der Waals surface area (Å²) in [6.45, 7) is 9.95. The quantitative estimate of drug-likeness (QED) is 0.324. The predicted molar refractivity (Wildman–Crippen MR) is 143 cm³/mol. The van der Waals surface area contributed by atoms with E-state index in [-0.39, 0.29) is 5.88 Å². The molecule has 3 aromatic heterocycles. The van der Waals surface area contributed by atoms with Crippen molar-refractivity contribution in [3.63, 3.8) is 0 Å². The van der Waals surface area contributed by atoms with Crippen molar-refractivity contribution in [2.24, 2.45) is 0 Å². The van der Waals surface area contributed by atoms with E-state index in [2.05, 4.69) is 79.7 Å². The number of piperazine rings is 1. The minimum absolute atomic E-state index is 0.198. The first-order valence-corrected chi connectivity index (χ1v) is 12.2. The number of H-pyrrole nitrogens is 1. The summed E-state index contributed by atoms with van der Waals surface area (Å²) in [4.78, 5) is 12.5. The Labute approximate surface area is 204 Å². The highest BCUT2D eigenvalue weighted by Crippen LogP contribution is 2.32. The fourth-order valence-corrected chi connectivity index (χ4v) is 5.18. The molecule has 178 valence electrons. The number of anilines is 3. The number of hydrogen-bond donors (Lipinski definition) is 3. The number of aryl methyl sites for hydroxylation is 1. The van der Waals surface area contributed by atoms with Gasteiger partial charge in [0.15, 0.2) is 11.5 Å². The molecule has 1 aliphatic heterocycles. The van der Waals surface area contributed by atoms with Gasteiger partial charge in [-0.05, 0) is 67.1 Å². The minimum Gasteiger partial charge on any atom is -0.494 e. The number of aromatic amines is 1. The molecule has 35 heavy (non-hydrogen) atoms. The standard InChI is InChI=1S/C28H30N6O/c1-3-32-12-14-33(15-13-32)25-8-5-22(16-19(25)2)31-24-7-9-26(34-11-10-29-27(24)34)20-4-6-23-21(17-20)18-30-28(23)35/h4-11,16-18,30-31,35H,3,12-15H2,1-2H3. The van der Waals surface area contributed by atoms with Gasteiger partial charge in [0.05, 0.1) is 11.4 Å². The summed E-state index contributed by atoms with van der Waals surface area (Å²) in [5.41, 5.74) is 7.59. The highest BCUT2D eigenvalue weighted by atomic mass is 16.3. The fraction of sp³-hybridized carbons (Fsp3) is 0.250. The van der Waals surface area contributed by atoms with Crippen LogP contribution in [-0.2, 0) is 0 Å². The molecule has 1 fully saturated rings. The molecule has 0 spiro atoms. The number of hydrogen-bond acceptors (Lipinski definition) is 5. The Morgan fingerprint density at radius 1 is 1.03 bits per heavy atom. The third kappa shape index (κ3) is 3.88. The Hall–Kier alpha value is -3.97. The van der Waals surface area contributed by atoms with E-state index < -0.39 is 0 Å². The van der Waals surface area contributed by atoms with Gasteiger partial charge in [0, 0.05) is 66.9 Å². The number of rotatable bonds is 5. The largest absolute Gasteiger partial charge is 0.494 e. The minimum atomic E-state index is 0.198. The highest BCUT2D eigenvalue weighted by molar-refractivity contribution is 5.91. The summed E-state index contributed by atoms with van der Waals surface area (Å²) < 4.78 is 2.10. The maximum atomic E-state index is 9.94. The molecule has 0 bridgehead atoms. The number of pyridine rings is 1. The van der Waals surface area contributed by atoms with Gasteiger partial charge < -0.3 is 25.2 Å². The molecular weight excluding hydrogens is 436 g/mol. The van der Waals surface area contributed by atoms with Crippen molar-refractivity contribution < 1.29 is 5.11 Å². The van der Waals surface area contributed by atoms with E-state index in [1.807, 2.05) is 30.7 Å². The topological polar surface area (TPSA) is 71.8 Å². The van der Waals surface area contributed by atoms with Crippen molar-refractivity contribution in [1.29, 1.82) is 0 Å². The maximum absolute atomic E-state index is 9.94. The first-order valence-electron chi connectivity index (χ1n) is 12.2. The van der Waals surface area contributed by atoms with Crippen LogP contribution in [0.5, 0.6) is 5.88 Å². The zero-order valence-corrected chi connectivity index (χ0v) is 20.1. The van der Waals surface area contributed by atoms with E-state index in [9.17, 15) is 5.11 Å². The van der Waals surface area contributed by atoms with Crippen LogP contribution in [0.25, 0.3) is 27.7 Å². The number of aromatic nitrogens is 3. The zero-order chi connectivity index (χ0) is 23.9. The smallest absolute Gasteiger partial charge is 0.196 e. The second-order valence-corrected chi connectivity index (χ2v) is 9.24. The molecule has 3 N–H and O–H groups in total. The molecule has 0 aliphatic carbocycles. The van der Waals surface area contributed by atoms with Gasteiger partial charge in [0.2, 0.25) is 0 Å². The number of benzene rings is 2. The third-order valence-electron chi connectivity index (χ3n) is 7.15.